The number of nitro groups is 1. The first-order valence-corrected chi connectivity index (χ1v) is 9.71. The van der Waals surface area contributed by atoms with Gasteiger partial charge in [-0.3, -0.25) is 19.8 Å². The van der Waals surface area contributed by atoms with Gasteiger partial charge in [0.15, 0.2) is 0 Å². The first-order valence-electron chi connectivity index (χ1n) is 9.34. The number of nitro benzene ring substituents is 1. The Morgan fingerprint density at radius 3 is 2.48 bits per heavy atom. The lowest BCUT2D eigenvalue weighted by atomic mass is 10.2. The predicted molar refractivity (Wildman–Crippen MR) is 109 cm³/mol. The fourth-order valence-corrected chi connectivity index (χ4v) is 3.57. The SMILES string of the molecule is CC(C(=O)Nc1ccccc1[N+](=O)[O-])N1CCN(c2ncc(C(F)(F)F)cc2Cl)CC1. The Kier molecular flexibility index (Phi) is 6.65. The first kappa shape index (κ1) is 22.8. The second-order valence-corrected chi connectivity index (χ2v) is 7.40. The van der Waals surface area contributed by atoms with Crippen LogP contribution in [0.15, 0.2) is 36.5 Å². The van der Waals surface area contributed by atoms with Gasteiger partial charge < -0.3 is 10.2 Å². The molecule has 166 valence electrons. The summed E-state index contributed by atoms with van der Waals surface area (Å²) >= 11 is 6.01. The molecule has 0 aliphatic carbocycles. The zero-order chi connectivity index (χ0) is 22.8. The number of amides is 1. The van der Waals surface area contributed by atoms with Gasteiger partial charge in [-0.1, -0.05) is 23.7 Å². The molecule has 1 N–H and O–H groups in total. The molecule has 31 heavy (non-hydrogen) atoms. The zero-order valence-electron chi connectivity index (χ0n) is 16.4. The number of rotatable bonds is 5. The number of aromatic nitrogens is 1. The number of nitrogens with one attached hydrogen (secondary N) is 1. The Balaban J connectivity index is 1.62. The lowest BCUT2D eigenvalue weighted by Crippen LogP contribution is -2.53. The number of pyridine rings is 1. The molecular weight excluding hydrogens is 439 g/mol. The summed E-state index contributed by atoms with van der Waals surface area (Å²) in [4.78, 5) is 30.6. The number of nitrogens with zero attached hydrogens (tertiary/aromatic N) is 4. The van der Waals surface area contributed by atoms with Crippen LogP contribution in [0.3, 0.4) is 0 Å². The summed E-state index contributed by atoms with van der Waals surface area (Å²) in [5, 5.41) is 13.6. The van der Waals surface area contributed by atoms with Crippen molar-refractivity contribution < 1.29 is 22.9 Å². The van der Waals surface area contributed by atoms with Crippen molar-refractivity contribution >= 4 is 34.7 Å². The summed E-state index contributed by atoms with van der Waals surface area (Å²) in [6, 6.07) is 6.14. The number of halogens is 4. The van der Waals surface area contributed by atoms with E-state index in [0.717, 1.165) is 12.3 Å². The van der Waals surface area contributed by atoms with E-state index in [1.807, 2.05) is 4.90 Å². The molecule has 1 aromatic heterocycles. The maximum Gasteiger partial charge on any atom is 0.417 e. The molecular formula is C19H19ClF3N5O3. The van der Waals surface area contributed by atoms with Crippen molar-refractivity contribution in [3.63, 3.8) is 0 Å². The van der Waals surface area contributed by atoms with Crippen LogP contribution in [0.25, 0.3) is 0 Å². The Morgan fingerprint density at radius 1 is 1.26 bits per heavy atom. The highest BCUT2D eigenvalue weighted by Crippen LogP contribution is 2.34. The molecule has 0 radical (unpaired) electrons. The van der Waals surface area contributed by atoms with Crippen LogP contribution in [0.1, 0.15) is 12.5 Å². The van der Waals surface area contributed by atoms with Crippen LogP contribution in [0, 0.1) is 10.1 Å². The fraction of sp³-hybridized carbons (Fsp3) is 0.368. The van der Waals surface area contributed by atoms with Gasteiger partial charge >= 0.3 is 6.18 Å². The molecule has 3 rings (SSSR count). The standard InChI is InChI=1S/C19H19ClF3N5O3/c1-12(18(29)25-15-4-2-3-5-16(15)28(30)31)26-6-8-27(9-7-26)17-14(20)10-13(11-24-17)19(21,22)23/h2-5,10-12H,6-9H2,1H3,(H,25,29). The van der Waals surface area contributed by atoms with Crippen molar-refractivity contribution in [2.24, 2.45) is 0 Å². The highest BCUT2D eigenvalue weighted by Gasteiger charge is 2.33. The quantitative estimate of drug-likeness (QED) is 0.542. The normalized spacial score (nSPS) is 16.1. The number of hydrogen-bond donors (Lipinski definition) is 1. The molecule has 2 aromatic rings. The highest BCUT2D eigenvalue weighted by molar-refractivity contribution is 6.33. The van der Waals surface area contributed by atoms with Gasteiger partial charge in [-0.05, 0) is 19.1 Å². The number of para-hydroxylation sites is 2. The molecule has 1 aliphatic rings. The van der Waals surface area contributed by atoms with Crippen molar-refractivity contribution in [2.45, 2.75) is 19.1 Å². The van der Waals surface area contributed by atoms with Gasteiger partial charge in [0.05, 0.1) is 21.6 Å². The van der Waals surface area contributed by atoms with E-state index in [0.29, 0.717) is 26.2 Å². The molecule has 1 amide bonds. The number of benzene rings is 1. The van der Waals surface area contributed by atoms with E-state index in [4.69, 9.17) is 11.6 Å². The van der Waals surface area contributed by atoms with Crippen molar-refractivity contribution in [1.82, 2.24) is 9.88 Å². The molecule has 0 saturated carbocycles. The minimum atomic E-state index is -4.52. The van der Waals surface area contributed by atoms with Gasteiger partial charge in [-0.2, -0.15) is 13.2 Å². The lowest BCUT2D eigenvalue weighted by Gasteiger charge is -2.38. The van der Waals surface area contributed by atoms with Crippen molar-refractivity contribution in [2.75, 3.05) is 36.4 Å². The summed E-state index contributed by atoms with van der Waals surface area (Å²) < 4.78 is 38.4. The minimum absolute atomic E-state index is 0.0922. The number of hydrogen-bond acceptors (Lipinski definition) is 6. The van der Waals surface area contributed by atoms with E-state index < -0.39 is 28.6 Å². The molecule has 1 fully saturated rings. The Labute approximate surface area is 180 Å². The molecule has 1 aromatic carbocycles. The maximum absolute atomic E-state index is 12.8. The van der Waals surface area contributed by atoms with Gasteiger partial charge in [0.25, 0.3) is 5.69 Å². The second-order valence-electron chi connectivity index (χ2n) is 6.99. The molecule has 2 heterocycles. The average Bonchev–Trinajstić information content (AvgIpc) is 2.73. The number of piperazine rings is 1. The molecule has 0 spiro atoms. The van der Waals surface area contributed by atoms with Gasteiger partial charge in [0.2, 0.25) is 5.91 Å². The Morgan fingerprint density at radius 2 is 1.90 bits per heavy atom. The molecule has 8 nitrogen and oxygen atoms in total. The monoisotopic (exact) mass is 457 g/mol. The molecule has 1 unspecified atom stereocenters. The smallest absolute Gasteiger partial charge is 0.353 e. The molecule has 1 aliphatic heterocycles. The summed E-state index contributed by atoms with van der Waals surface area (Å²) in [6.45, 7) is 3.36. The number of alkyl halides is 3. The minimum Gasteiger partial charge on any atom is -0.353 e. The Hall–Kier alpha value is -2.92. The van der Waals surface area contributed by atoms with Crippen LogP contribution in [-0.2, 0) is 11.0 Å². The van der Waals surface area contributed by atoms with E-state index in [9.17, 15) is 28.1 Å². The highest BCUT2D eigenvalue weighted by atomic mass is 35.5. The summed E-state index contributed by atoms with van der Waals surface area (Å²) in [5.74, 6) is -0.139. The summed E-state index contributed by atoms with van der Waals surface area (Å²) in [7, 11) is 0. The Bertz CT molecular complexity index is 981. The molecule has 1 saturated heterocycles. The van der Waals surface area contributed by atoms with Crippen LogP contribution in [0.5, 0.6) is 0 Å². The summed E-state index contributed by atoms with van der Waals surface area (Å²) in [5.41, 5.74) is -1.00. The van der Waals surface area contributed by atoms with Gasteiger partial charge in [-0.25, -0.2) is 4.98 Å². The largest absolute Gasteiger partial charge is 0.417 e. The van der Waals surface area contributed by atoms with Crippen LogP contribution < -0.4 is 10.2 Å². The topological polar surface area (TPSA) is 91.6 Å². The van der Waals surface area contributed by atoms with E-state index >= 15 is 0 Å². The van der Waals surface area contributed by atoms with Gasteiger partial charge in [0.1, 0.15) is 11.5 Å². The van der Waals surface area contributed by atoms with Crippen LogP contribution in [0.2, 0.25) is 5.02 Å². The molecule has 1 atom stereocenters. The van der Waals surface area contributed by atoms with Crippen LogP contribution in [0.4, 0.5) is 30.4 Å². The van der Waals surface area contributed by atoms with Crippen molar-refractivity contribution in [3.8, 4) is 0 Å². The lowest BCUT2D eigenvalue weighted by molar-refractivity contribution is -0.383. The van der Waals surface area contributed by atoms with E-state index in [-0.39, 0.29) is 22.2 Å². The number of anilines is 2. The average molecular weight is 458 g/mol. The number of carbonyl (C=O) groups is 1. The third-order valence-corrected chi connectivity index (χ3v) is 5.33. The predicted octanol–water partition coefficient (Wildman–Crippen LogP) is 3.81. The second kappa shape index (κ2) is 9.06. The van der Waals surface area contributed by atoms with Crippen LogP contribution in [-0.4, -0.2) is 52.9 Å². The van der Waals surface area contributed by atoms with Crippen molar-refractivity contribution in [3.05, 3.63) is 57.2 Å². The first-order chi connectivity index (χ1) is 14.6. The van der Waals surface area contributed by atoms with Gasteiger partial charge in [-0.15, -0.1) is 0 Å². The number of carbonyl (C=O) groups excluding carboxylic acids is 1. The third-order valence-electron chi connectivity index (χ3n) is 5.05. The van der Waals surface area contributed by atoms with Crippen molar-refractivity contribution in [1.29, 1.82) is 0 Å². The molecule has 12 heteroatoms. The maximum atomic E-state index is 12.8. The van der Waals surface area contributed by atoms with E-state index in [1.54, 1.807) is 17.9 Å². The van der Waals surface area contributed by atoms with Crippen LogP contribution >= 0.6 is 11.6 Å². The third kappa shape index (κ3) is 5.23. The van der Waals surface area contributed by atoms with E-state index in [1.165, 1.54) is 18.2 Å². The zero-order valence-corrected chi connectivity index (χ0v) is 17.2. The van der Waals surface area contributed by atoms with E-state index in [2.05, 4.69) is 10.3 Å². The molecule has 0 bridgehead atoms. The fourth-order valence-electron chi connectivity index (χ4n) is 3.28. The summed E-state index contributed by atoms with van der Waals surface area (Å²) in [6.07, 6.45) is -3.78. The van der Waals surface area contributed by atoms with Gasteiger partial charge in [0, 0.05) is 38.4 Å².